The molecule has 0 saturated heterocycles. The number of nitrogens with zero attached hydrogens (tertiary/aromatic N) is 7. The van der Waals surface area contributed by atoms with Gasteiger partial charge in [0.1, 0.15) is 11.9 Å². The van der Waals surface area contributed by atoms with Crippen molar-refractivity contribution in [2.24, 2.45) is 0 Å². The van der Waals surface area contributed by atoms with Gasteiger partial charge in [0.05, 0.1) is 6.20 Å². The fourth-order valence-electron chi connectivity index (χ4n) is 4.88. The van der Waals surface area contributed by atoms with E-state index in [1.54, 1.807) is 28.9 Å². The van der Waals surface area contributed by atoms with E-state index in [0.717, 1.165) is 35.1 Å². The first-order valence-corrected chi connectivity index (χ1v) is 12.4. The maximum Gasteiger partial charge on any atom is 0.271 e. The van der Waals surface area contributed by atoms with Gasteiger partial charge in [-0.3, -0.25) is 9.25 Å². The van der Waals surface area contributed by atoms with Crippen LogP contribution in [0.3, 0.4) is 0 Å². The highest BCUT2D eigenvalue weighted by atomic mass is 19.3. The zero-order valence-corrected chi connectivity index (χ0v) is 21.7. The Morgan fingerprint density at radius 3 is 2.27 bits per heavy atom. The highest BCUT2D eigenvalue weighted by molar-refractivity contribution is 5.73. The van der Waals surface area contributed by atoms with Crippen molar-refractivity contribution in [1.29, 1.82) is 0 Å². The molecule has 0 amide bonds. The number of benzene rings is 1. The largest absolute Gasteiger partial charge is 0.286 e. The number of rotatable bonds is 6. The highest BCUT2D eigenvalue weighted by Crippen LogP contribution is 2.36. The zero-order chi connectivity index (χ0) is 28.2. The number of halogens is 4. The van der Waals surface area contributed by atoms with Crippen LogP contribution in [0, 0.1) is 25.6 Å². The van der Waals surface area contributed by atoms with E-state index in [1.165, 1.54) is 30.7 Å². The lowest BCUT2D eigenvalue weighted by Gasteiger charge is -2.24. The second kappa shape index (κ2) is 9.44. The summed E-state index contributed by atoms with van der Waals surface area (Å²) in [6.45, 7) is 4.70. The van der Waals surface area contributed by atoms with Crippen molar-refractivity contribution in [2.45, 2.75) is 32.7 Å². The monoisotopic (exact) mass is 545 g/mol. The average Bonchev–Trinajstić information content (AvgIpc) is 3.63. The van der Waals surface area contributed by atoms with Crippen molar-refractivity contribution in [1.82, 2.24) is 33.9 Å². The summed E-state index contributed by atoms with van der Waals surface area (Å²) in [5.74, 6) is -3.91. The Labute approximate surface area is 226 Å². The molecule has 6 rings (SSSR count). The van der Waals surface area contributed by atoms with Gasteiger partial charge in [-0.1, -0.05) is 12.1 Å². The summed E-state index contributed by atoms with van der Waals surface area (Å²) < 4.78 is 62.3. The molecule has 5 aromatic heterocycles. The number of aromatic nitrogens is 7. The first kappa shape index (κ1) is 25.5. The number of alkyl halides is 2. The van der Waals surface area contributed by atoms with Gasteiger partial charge in [-0.2, -0.15) is 14.5 Å². The summed E-state index contributed by atoms with van der Waals surface area (Å²) in [6.07, 6.45) is 5.87. The molecule has 6 aromatic rings. The Balaban J connectivity index is 1.36. The van der Waals surface area contributed by atoms with E-state index in [2.05, 4.69) is 20.2 Å². The molecular weight excluding hydrogens is 522 g/mol. The number of fused-ring (bicyclic) bond motifs is 1. The summed E-state index contributed by atoms with van der Waals surface area (Å²) in [7, 11) is 0. The quantitative estimate of drug-likeness (QED) is 0.175. The Kier molecular flexibility index (Phi) is 6.01. The van der Waals surface area contributed by atoms with Crippen molar-refractivity contribution >= 4 is 5.65 Å². The summed E-state index contributed by atoms with van der Waals surface area (Å²) >= 11 is 0. The Bertz CT molecular complexity index is 1830. The molecule has 11 heteroatoms. The van der Waals surface area contributed by atoms with Gasteiger partial charge >= 0.3 is 0 Å². The molecule has 1 unspecified atom stereocenters. The second-order valence-electron chi connectivity index (χ2n) is 9.76. The second-order valence-corrected chi connectivity index (χ2v) is 9.76. The van der Waals surface area contributed by atoms with Crippen LogP contribution in [0.5, 0.6) is 0 Å². The van der Waals surface area contributed by atoms with E-state index in [-0.39, 0.29) is 11.1 Å². The van der Waals surface area contributed by atoms with Crippen LogP contribution in [0.2, 0.25) is 0 Å². The molecule has 0 N–H and O–H groups in total. The summed E-state index contributed by atoms with van der Waals surface area (Å²) in [4.78, 5) is 8.53. The maximum atomic E-state index is 14.9. The molecule has 0 bridgehead atoms. The topological polar surface area (TPSA) is 65.8 Å². The van der Waals surface area contributed by atoms with Crippen molar-refractivity contribution in [3.8, 4) is 28.2 Å². The molecule has 202 valence electrons. The minimum Gasteiger partial charge on any atom is -0.286 e. The van der Waals surface area contributed by atoms with Gasteiger partial charge in [-0.15, -0.1) is 5.10 Å². The third-order valence-electron chi connectivity index (χ3n) is 6.81. The first-order chi connectivity index (χ1) is 19.1. The van der Waals surface area contributed by atoms with Crippen LogP contribution in [-0.4, -0.2) is 39.9 Å². The molecule has 0 aliphatic carbocycles. The molecule has 0 spiro atoms. The van der Waals surface area contributed by atoms with E-state index in [0.29, 0.717) is 28.3 Å². The molecule has 1 atom stereocenters. The minimum atomic E-state index is -3.20. The molecule has 0 radical (unpaired) electrons. The van der Waals surface area contributed by atoms with Gasteiger partial charge < -0.3 is 0 Å². The van der Waals surface area contributed by atoms with Gasteiger partial charge in [0.25, 0.3) is 11.9 Å². The molecule has 7 nitrogen and oxygen atoms in total. The van der Waals surface area contributed by atoms with E-state index < -0.39 is 23.7 Å². The summed E-state index contributed by atoms with van der Waals surface area (Å²) in [5.41, 5.74) is 4.38. The summed E-state index contributed by atoms with van der Waals surface area (Å²) in [5, 5.41) is 8.70. The van der Waals surface area contributed by atoms with Crippen LogP contribution >= 0.6 is 0 Å². The minimum absolute atomic E-state index is 0.202. The van der Waals surface area contributed by atoms with Crippen molar-refractivity contribution in [2.75, 3.05) is 0 Å². The fourth-order valence-corrected chi connectivity index (χ4v) is 4.88. The van der Waals surface area contributed by atoms with Crippen LogP contribution in [0.25, 0.3) is 33.8 Å². The normalized spacial score (nSPS) is 12.8. The lowest BCUT2D eigenvalue weighted by molar-refractivity contribution is -0.0217. The van der Waals surface area contributed by atoms with Crippen molar-refractivity contribution in [3.63, 3.8) is 0 Å². The smallest absolute Gasteiger partial charge is 0.271 e. The predicted octanol–water partition coefficient (Wildman–Crippen LogP) is 6.59. The zero-order valence-electron chi connectivity index (χ0n) is 21.7. The van der Waals surface area contributed by atoms with Crippen LogP contribution in [0.4, 0.5) is 17.6 Å². The number of hydrogen-bond acceptors (Lipinski definition) is 4. The van der Waals surface area contributed by atoms with E-state index in [1.807, 2.05) is 30.5 Å². The molecule has 0 aliphatic heterocycles. The molecule has 40 heavy (non-hydrogen) atoms. The lowest BCUT2D eigenvalue weighted by Crippen LogP contribution is -2.29. The maximum absolute atomic E-state index is 14.9. The number of hydrogen-bond donors (Lipinski definition) is 0. The number of pyridine rings is 2. The van der Waals surface area contributed by atoms with Gasteiger partial charge in [-0.05, 0) is 67.4 Å². The van der Waals surface area contributed by atoms with Crippen LogP contribution in [-0.2, 0) is 0 Å². The first-order valence-electron chi connectivity index (χ1n) is 12.4. The third kappa shape index (κ3) is 4.53. The van der Waals surface area contributed by atoms with Crippen LogP contribution < -0.4 is 0 Å². The van der Waals surface area contributed by atoms with Crippen molar-refractivity contribution in [3.05, 3.63) is 108 Å². The van der Waals surface area contributed by atoms with Gasteiger partial charge in [0.15, 0.2) is 5.65 Å². The standard InChI is InChI=1S/C29H23F4N7/c1-17-4-5-18(2)40(17)28-36-25-13-20(10-11-38(25)37-28)24-12-21(14-34-27(24)31)22-15-35-39(16-22)26(29(3,32)33)19-6-8-23(30)9-7-19/h4-16,26H,1-3H3. The fraction of sp³-hybridized carbons (Fsp3) is 0.172. The Morgan fingerprint density at radius 2 is 1.57 bits per heavy atom. The Hall–Kier alpha value is -4.80. The van der Waals surface area contributed by atoms with Crippen molar-refractivity contribution < 1.29 is 17.6 Å². The van der Waals surface area contributed by atoms with Gasteiger partial charge in [0, 0.05) is 53.6 Å². The highest BCUT2D eigenvalue weighted by Gasteiger charge is 2.37. The van der Waals surface area contributed by atoms with E-state index in [9.17, 15) is 17.6 Å². The van der Waals surface area contributed by atoms with E-state index in [4.69, 9.17) is 0 Å². The molecular formula is C29H23F4N7. The lowest BCUT2D eigenvalue weighted by atomic mass is 10.0. The van der Waals surface area contributed by atoms with Gasteiger partial charge in [0.2, 0.25) is 5.95 Å². The molecule has 0 fully saturated rings. The molecule has 0 aliphatic rings. The van der Waals surface area contributed by atoms with Crippen LogP contribution in [0.1, 0.15) is 29.9 Å². The summed E-state index contributed by atoms with van der Waals surface area (Å²) in [6, 6.07) is 12.4. The molecule has 1 aromatic carbocycles. The van der Waals surface area contributed by atoms with Gasteiger partial charge in [-0.25, -0.2) is 22.7 Å². The molecule has 5 heterocycles. The SMILES string of the molecule is Cc1ccc(C)n1-c1nc2cc(-c3cc(-c4cnn(C(c5ccc(F)cc5)C(C)(F)F)c4)cnc3F)ccn2n1. The third-order valence-corrected chi connectivity index (χ3v) is 6.81. The number of aryl methyl sites for hydroxylation is 2. The Morgan fingerprint density at radius 1 is 0.850 bits per heavy atom. The molecule has 0 saturated carbocycles. The van der Waals surface area contributed by atoms with Crippen LogP contribution in [0.15, 0.2) is 79.4 Å². The van der Waals surface area contributed by atoms with E-state index >= 15 is 0 Å². The average molecular weight is 546 g/mol. The predicted molar refractivity (Wildman–Crippen MR) is 141 cm³/mol.